The monoisotopic (exact) mass is 314 g/mol. The summed E-state index contributed by atoms with van der Waals surface area (Å²) in [5, 5.41) is 16.4. The summed E-state index contributed by atoms with van der Waals surface area (Å²) < 4.78 is 0.795. The molecule has 0 saturated heterocycles. The van der Waals surface area contributed by atoms with E-state index in [9.17, 15) is 4.79 Å². The van der Waals surface area contributed by atoms with Crippen molar-refractivity contribution in [2.75, 3.05) is 12.4 Å². The Kier molecular flexibility index (Phi) is 5.17. The van der Waals surface area contributed by atoms with Crippen LogP contribution in [0.1, 0.15) is 11.8 Å². The number of nitrogens with one attached hydrogen (secondary N) is 2. The fourth-order valence-corrected chi connectivity index (χ4v) is 3.81. The Morgan fingerprint density at radius 1 is 1.53 bits per heavy atom. The molecule has 2 aromatic rings. The van der Waals surface area contributed by atoms with E-state index in [-0.39, 0.29) is 11.2 Å². The highest BCUT2D eigenvalue weighted by atomic mass is 32.2. The number of aromatic nitrogens is 2. The molecule has 1 atom stereocenters. The molecule has 0 unspecified atom stereocenters. The van der Waals surface area contributed by atoms with Crippen molar-refractivity contribution >= 4 is 45.5 Å². The zero-order valence-electron chi connectivity index (χ0n) is 10.5. The van der Waals surface area contributed by atoms with Gasteiger partial charge < -0.3 is 10.6 Å². The zero-order valence-corrected chi connectivity index (χ0v) is 13.0. The molecule has 2 N–H and O–H groups in total. The van der Waals surface area contributed by atoms with Gasteiger partial charge in [-0.25, -0.2) is 0 Å². The van der Waals surface area contributed by atoms with Crippen molar-refractivity contribution < 1.29 is 4.79 Å². The van der Waals surface area contributed by atoms with Gasteiger partial charge >= 0.3 is 0 Å². The van der Waals surface area contributed by atoms with E-state index in [2.05, 4.69) is 20.8 Å². The first kappa shape index (κ1) is 14.3. The molecular formula is C11H14N4OS3. The first-order valence-electron chi connectivity index (χ1n) is 5.67. The summed E-state index contributed by atoms with van der Waals surface area (Å²) in [6.45, 7) is 2.45. The number of hydrogen-bond acceptors (Lipinski definition) is 7. The van der Waals surface area contributed by atoms with Gasteiger partial charge in [0.05, 0.1) is 11.8 Å². The van der Waals surface area contributed by atoms with Gasteiger partial charge in [0, 0.05) is 11.9 Å². The molecule has 0 aliphatic heterocycles. The van der Waals surface area contributed by atoms with Crippen LogP contribution in [0, 0.1) is 0 Å². The van der Waals surface area contributed by atoms with Crippen molar-refractivity contribution in [2.45, 2.75) is 23.1 Å². The Labute approximate surface area is 123 Å². The number of carbonyl (C=O) groups excluding carboxylic acids is 1. The van der Waals surface area contributed by atoms with Crippen molar-refractivity contribution in [1.29, 1.82) is 0 Å². The number of anilines is 1. The number of hydrogen-bond donors (Lipinski definition) is 2. The molecule has 2 heterocycles. The molecule has 0 aliphatic carbocycles. The number of carbonyl (C=O) groups is 1. The third-order valence-corrected chi connectivity index (χ3v) is 5.29. The summed E-state index contributed by atoms with van der Waals surface area (Å²) in [6.07, 6.45) is 0. The largest absolute Gasteiger partial charge is 0.363 e. The van der Waals surface area contributed by atoms with Crippen LogP contribution in [-0.4, -0.2) is 28.4 Å². The molecule has 2 rings (SSSR count). The van der Waals surface area contributed by atoms with Crippen LogP contribution in [0.15, 0.2) is 21.9 Å². The number of thiophene rings is 1. The molecule has 0 aromatic carbocycles. The summed E-state index contributed by atoms with van der Waals surface area (Å²) in [4.78, 5) is 13.1. The number of rotatable bonds is 6. The number of thioether (sulfide) groups is 1. The van der Waals surface area contributed by atoms with Crippen LogP contribution in [0.4, 0.5) is 5.13 Å². The predicted molar refractivity (Wildman–Crippen MR) is 80.9 cm³/mol. The van der Waals surface area contributed by atoms with E-state index in [0.29, 0.717) is 6.54 Å². The van der Waals surface area contributed by atoms with Crippen LogP contribution < -0.4 is 10.6 Å². The fourth-order valence-electron chi connectivity index (χ4n) is 1.29. The van der Waals surface area contributed by atoms with E-state index in [1.807, 2.05) is 24.4 Å². The topological polar surface area (TPSA) is 66.9 Å². The van der Waals surface area contributed by atoms with Crippen molar-refractivity contribution in [1.82, 2.24) is 15.5 Å². The lowest BCUT2D eigenvalue weighted by Gasteiger charge is -2.09. The summed E-state index contributed by atoms with van der Waals surface area (Å²) in [6, 6.07) is 3.98. The molecule has 8 heteroatoms. The average molecular weight is 314 g/mol. The molecule has 2 aromatic heterocycles. The quantitative estimate of drug-likeness (QED) is 0.802. The minimum absolute atomic E-state index is 0.0135. The molecule has 0 radical (unpaired) electrons. The van der Waals surface area contributed by atoms with Gasteiger partial charge in [0.15, 0.2) is 4.34 Å². The van der Waals surface area contributed by atoms with Crippen molar-refractivity contribution in [2.24, 2.45) is 0 Å². The molecule has 0 aliphatic rings. The number of nitrogens with zero attached hydrogens (tertiary/aromatic N) is 2. The van der Waals surface area contributed by atoms with E-state index >= 15 is 0 Å². The maximum atomic E-state index is 11.9. The molecular weight excluding hydrogens is 300 g/mol. The first-order chi connectivity index (χ1) is 9.19. The highest BCUT2D eigenvalue weighted by Gasteiger charge is 2.16. The van der Waals surface area contributed by atoms with E-state index in [0.717, 1.165) is 14.3 Å². The highest BCUT2D eigenvalue weighted by Crippen LogP contribution is 2.28. The lowest BCUT2D eigenvalue weighted by Crippen LogP contribution is -2.30. The molecule has 102 valence electrons. The lowest BCUT2D eigenvalue weighted by molar-refractivity contribution is -0.120. The van der Waals surface area contributed by atoms with Gasteiger partial charge in [0.1, 0.15) is 0 Å². The molecule has 19 heavy (non-hydrogen) atoms. The second-order valence-electron chi connectivity index (χ2n) is 3.68. The van der Waals surface area contributed by atoms with Crippen LogP contribution >= 0.6 is 34.4 Å². The number of amides is 1. The van der Waals surface area contributed by atoms with Crippen LogP contribution in [-0.2, 0) is 11.3 Å². The van der Waals surface area contributed by atoms with E-state index < -0.39 is 0 Å². The molecule has 0 bridgehead atoms. The van der Waals surface area contributed by atoms with Gasteiger partial charge in [-0.2, -0.15) is 0 Å². The van der Waals surface area contributed by atoms with E-state index in [4.69, 9.17) is 0 Å². The van der Waals surface area contributed by atoms with Crippen molar-refractivity contribution in [3.8, 4) is 0 Å². The Morgan fingerprint density at radius 3 is 3.00 bits per heavy atom. The van der Waals surface area contributed by atoms with E-state index in [1.54, 1.807) is 18.4 Å². The highest BCUT2D eigenvalue weighted by molar-refractivity contribution is 8.02. The second kappa shape index (κ2) is 6.88. The Hall–Kier alpha value is -1.12. The minimum atomic E-state index is -0.183. The maximum Gasteiger partial charge on any atom is 0.233 e. The maximum absolute atomic E-state index is 11.9. The van der Waals surface area contributed by atoms with Gasteiger partial charge in [0.25, 0.3) is 0 Å². The molecule has 0 spiro atoms. The van der Waals surface area contributed by atoms with Crippen LogP contribution in [0.5, 0.6) is 0 Å². The Bertz CT molecular complexity index is 526. The normalized spacial score (nSPS) is 12.1. The SMILES string of the molecule is CNc1nnc(S[C@H](C)C(=O)NCc2cccs2)s1. The van der Waals surface area contributed by atoms with Crippen molar-refractivity contribution in [3.05, 3.63) is 22.4 Å². The van der Waals surface area contributed by atoms with Gasteiger partial charge in [-0.15, -0.1) is 21.5 Å². The van der Waals surface area contributed by atoms with Gasteiger partial charge in [0.2, 0.25) is 11.0 Å². The first-order valence-corrected chi connectivity index (χ1v) is 8.24. The third kappa shape index (κ3) is 4.19. The van der Waals surface area contributed by atoms with Gasteiger partial charge in [-0.3, -0.25) is 4.79 Å². The van der Waals surface area contributed by atoms with Gasteiger partial charge in [-0.1, -0.05) is 29.2 Å². The van der Waals surface area contributed by atoms with E-state index in [1.165, 1.54) is 23.1 Å². The van der Waals surface area contributed by atoms with Crippen molar-refractivity contribution in [3.63, 3.8) is 0 Å². The van der Waals surface area contributed by atoms with Crippen LogP contribution in [0.3, 0.4) is 0 Å². The standard InChI is InChI=1S/C11H14N4OS3/c1-7(18-11-15-14-10(12-2)19-11)9(16)13-6-8-4-3-5-17-8/h3-5,7H,6H2,1-2H3,(H,12,14)(H,13,16)/t7-/m1/s1. The minimum Gasteiger partial charge on any atom is -0.363 e. The smallest absolute Gasteiger partial charge is 0.233 e. The molecule has 5 nitrogen and oxygen atoms in total. The predicted octanol–water partition coefficient (Wildman–Crippen LogP) is 2.44. The summed E-state index contributed by atoms with van der Waals surface area (Å²) in [7, 11) is 1.80. The molecule has 0 fully saturated rings. The lowest BCUT2D eigenvalue weighted by atomic mass is 10.4. The Morgan fingerprint density at radius 2 is 2.37 bits per heavy atom. The van der Waals surface area contributed by atoms with Crippen LogP contribution in [0.25, 0.3) is 0 Å². The summed E-state index contributed by atoms with van der Waals surface area (Å²) >= 11 is 4.50. The third-order valence-electron chi connectivity index (χ3n) is 2.28. The van der Waals surface area contributed by atoms with Gasteiger partial charge in [-0.05, 0) is 18.4 Å². The second-order valence-corrected chi connectivity index (χ2v) is 7.28. The molecule has 1 amide bonds. The zero-order chi connectivity index (χ0) is 13.7. The average Bonchev–Trinajstić information content (AvgIpc) is 3.06. The molecule has 0 saturated carbocycles. The van der Waals surface area contributed by atoms with Crippen LogP contribution in [0.2, 0.25) is 0 Å². The summed E-state index contributed by atoms with van der Waals surface area (Å²) in [5.74, 6) is 0.0135. The fraction of sp³-hybridized carbons (Fsp3) is 0.364. The summed E-state index contributed by atoms with van der Waals surface area (Å²) in [5.41, 5.74) is 0. The Balaban J connectivity index is 1.81.